The molecule has 6 heteroatoms. The fourth-order valence-electron chi connectivity index (χ4n) is 2.21. The second kappa shape index (κ2) is 7.20. The fourth-order valence-corrected chi connectivity index (χ4v) is 2.21. The molecule has 1 aliphatic rings. The Morgan fingerprint density at radius 1 is 1.39 bits per heavy atom. The van der Waals surface area contributed by atoms with Gasteiger partial charge < -0.3 is 20.2 Å². The summed E-state index contributed by atoms with van der Waals surface area (Å²) in [6.45, 7) is 5.11. The molecule has 2 N–H and O–H groups in total. The van der Waals surface area contributed by atoms with Crippen molar-refractivity contribution in [2.75, 3.05) is 33.2 Å². The summed E-state index contributed by atoms with van der Waals surface area (Å²) < 4.78 is 0. The van der Waals surface area contributed by atoms with Crippen LogP contribution in [0.1, 0.15) is 26.2 Å². The van der Waals surface area contributed by atoms with Gasteiger partial charge in [0.1, 0.15) is 0 Å². The smallest absolute Gasteiger partial charge is 0.317 e. The Morgan fingerprint density at radius 2 is 2.11 bits per heavy atom. The Bertz CT molecular complexity index is 296. The summed E-state index contributed by atoms with van der Waals surface area (Å²) in [5, 5.41) is 11.3. The topological polar surface area (TPSA) is 72.9 Å². The number of carboxylic acids is 1. The van der Waals surface area contributed by atoms with Crippen LogP contribution < -0.4 is 5.32 Å². The van der Waals surface area contributed by atoms with Gasteiger partial charge in [0.25, 0.3) is 0 Å². The number of carbonyl (C=O) groups is 2. The molecule has 1 fully saturated rings. The van der Waals surface area contributed by atoms with E-state index in [-0.39, 0.29) is 18.5 Å². The number of aliphatic carboxylic acids is 1. The predicted molar refractivity (Wildman–Crippen MR) is 68.6 cm³/mol. The molecule has 1 heterocycles. The first-order valence-corrected chi connectivity index (χ1v) is 6.45. The number of hydrogen-bond donors (Lipinski definition) is 2. The second-order valence-electron chi connectivity index (χ2n) is 4.89. The van der Waals surface area contributed by atoms with Gasteiger partial charge in [-0.1, -0.05) is 0 Å². The van der Waals surface area contributed by atoms with Crippen molar-refractivity contribution in [3.05, 3.63) is 0 Å². The lowest BCUT2D eigenvalue weighted by atomic mass is 10.3. The van der Waals surface area contributed by atoms with Crippen molar-refractivity contribution in [3.63, 3.8) is 0 Å². The highest BCUT2D eigenvalue weighted by molar-refractivity contribution is 5.74. The zero-order valence-corrected chi connectivity index (χ0v) is 11.2. The number of carboxylic acid groups (broad SMARTS) is 1. The summed E-state index contributed by atoms with van der Waals surface area (Å²) in [5.41, 5.74) is 0. The molecule has 0 aromatic rings. The van der Waals surface area contributed by atoms with E-state index in [9.17, 15) is 9.59 Å². The van der Waals surface area contributed by atoms with E-state index in [4.69, 9.17) is 5.11 Å². The Kier molecular flexibility index (Phi) is 5.91. The van der Waals surface area contributed by atoms with Crippen LogP contribution in [0.25, 0.3) is 0 Å². The highest BCUT2D eigenvalue weighted by atomic mass is 16.4. The molecule has 1 aliphatic heterocycles. The minimum Gasteiger partial charge on any atom is -0.481 e. The highest BCUT2D eigenvalue weighted by Crippen LogP contribution is 2.08. The Hall–Kier alpha value is -1.30. The molecule has 0 spiro atoms. The van der Waals surface area contributed by atoms with Crippen LogP contribution in [0.15, 0.2) is 0 Å². The molecule has 6 nitrogen and oxygen atoms in total. The number of amides is 2. The first kappa shape index (κ1) is 14.8. The molecule has 1 atom stereocenters. The van der Waals surface area contributed by atoms with Crippen LogP contribution in [0.4, 0.5) is 4.79 Å². The molecule has 104 valence electrons. The van der Waals surface area contributed by atoms with Crippen LogP contribution in [0.5, 0.6) is 0 Å². The van der Waals surface area contributed by atoms with Gasteiger partial charge in [0, 0.05) is 32.1 Å². The molecule has 0 bridgehead atoms. The van der Waals surface area contributed by atoms with Crippen molar-refractivity contribution >= 4 is 12.0 Å². The van der Waals surface area contributed by atoms with Crippen molar-refractivity contribution < 1.29 is 14.7 Å². The molecule has 2 amide bonds. The maximum absolute atomic E-state index is 12.0. The standard InChI is InChI=1S/C12H23N3O3/c1-10-9-14(2)7-4-8-15(10)12(18)13-6-3-5-11(16)17/h10H,3-9H2,1-2H3,(H,13,18)(H,16,17). The van der Waals surface area contributed by atoms with Crippen molar-refractivity contribution in [1.29, 1.82) is 0 Å². The quantitative estimate of drug-likeness (QED) is 0.723. The number of likely N-dealkylation sites (N-methyl/N-ethyl adjacent to an activating group) is 1. The van der Waals surface area contributed by atoms with Gasteiger partial charge in [-0.25, -0.2) is 4.79 Å². The first-order valence-electron chi connectivity index (χ1n) is 6.45. The molecular formula is C12H23N3O3. The van der Waals surface area contributed by atoms with E-state index in [0.29, 0.717) is 13.0 Å². The summed E-state index contributed by atoms with van der Waals surface area (Å²) >= 11 is 0. The molecule has 0 aliphatic carbocycles. The Balaban J connectivity index is 2.33. The highest BCUT2D eigenvalue weighted by Gasteiger charge is 2.23. The predicted octanol–water partition coefficient (Wildman–Crippen LogP) is 0.587. The SMILES string of the molecule is CC1CN(C)CCCN1C(=O)NCCCC(=O)O. The van der Waals surface area contributed by atoms with Crippen molar-refractivity contribution in [3.8, 4) is 0 Å². The van der Waals surface area contributed by atoms with Gasteiger partial charge in [-0.15, -0.1) is 0 Å². The molecule has 18 heavy (non-hydrogen) atoms. The Morgan fingerprint density at radius 3 is 2.78 bits per heavy atom. The first-order chi connectivity index (χ1) is 8.50. The van der Waals surface area contributed by atoms with E-state index in [1.165, 1.54) is 0 Å². The van der Waals surface area contributed by atoms with Crippen molar-refractivity contribution in [1.82, 2.24) is 15.1 Å². The largest absolute Gasteiger partial charge is 0.481 e. The lowest BCUT2D eigenvalue weighted by molar-refractivity contribution is -0.137. The van der Waals surface area contributed by atoms with Crippen LogP contribution in [0.2, 0.25) is 0 Å². The molecule has 1 saturated heterocycles. The minimum absolute atomic E-state index is 0.0804. The normalized spacial score (nSPS) is 21.4. The zero-order chi connectivity index (χ0) is 13.5. The lowest BCUT2D eigenvalue weighted by Crippen LogP contribution is -2.47. The van der Waals surface area contributed by atoms with Gasteiger partial charge in [-0.3, -0.25) is 4.79 Å². The minimum atomic E-state index is -0.825. The van der Waals surface area contributed by atoms with Crippen LogP contribution in [-0.4, -0.2) is 66.2 Å². The number of nitrogens with zero attached hydrogens (tertiary/aromatic N) is 2. The van der Waals surface area contributed by atoms with Gasteiger partial charge in [-0.2, -0.15) is 0 Å². The third kappa shape index (κ3) is 4.91. The van der Waals surface area contributed by atoms with E-state index in [1.54, 1.807) is 0 Å². The molecule has 0 aromatic carbocycles. The van der Waals surface area contributed by atoms with Gasteiger partial charge in [0.05, 0.1) is 0 Å². The van der Waals surface area contributed by atoms with Crippen molar-refractivity contribution in [2.24, 2.45) is 0 Å². The third-order valence-corrected chi connectivity index (χ3v) is 3.15. The van der Waals surface area contributed by atoms with Crippen LogP contribution in [-0.2, 0) is 4.79 Å². The average molecular weight is 257 g/mol. The maximum Gasteiger partial charge on any atom is 0.317 e. The number of rotatable bonds is 4. The average Bonchev–Trinajstić information content (AvgIpc) is 2.45. The summed E-state index contributed by atoms with van der Waals surface area (Å²) in [7, 11) is 2.06. The zero-order valence-electron chi connectivity index (χ0n) is 11.2. The van der Waals surface area contributed by atoms with Gasteiger partial charge in [-0.05, 0) is 33.4 Å². The molecule has 0 saturated carbocycles. The van der Waals surface area contributed by atoms with Gasteiger partial charge in [0.15, 0.2) is 0 Å². The molecule has 1 unspecified atom stereocenters. The van der Waals surface area contributed by atoms with Gasteiger partial charge >= 0.3 is 12.0 Å². The lowest BCUT2D eigenvalue weighted by Gasteiger charge is -2.28. The third-order valence-electron chi connectivity index (χ3n) is 3.15. The van der Waals surface area contributed by atoms with Crippen LogP contribution in [0, 0.1) is 0 Å². The second-order valence-corrected chi connectivity index (χ2v) is 4.89. The number of hydrogen-bond acceptors (Lipinski definition) is 3. The van der Waals surface area contributed by atoms with Gasteiger partial charge in [0.2, 0.25) is 0 Å². The molecular weight excluding hydrogens is 234 g/mol. The molecule has 0 radical (unpaired) electrons. The maximum atomic E-state index is 12.0. The van der Waals surface area contributed by atoms with E-state index in [2.05, 4.69) is 17.3 Å². The van der Waals surface area contributed by atoms with Crippen molar-refractivity contribution in [2.45, 2.75) is 32.2 Å². The van der Waals surface area contributed by atoms with E-state index in [1.807, 2.05) is 11.8 Å². The van der Waals surface area contributed by atoms with E-state index in [0.717, 1.165) is 26.1 Å². The van der Waals surface area contributed by atoms with Crippen LogP contribution >= 0.6 is 0 Å². The monoisotopic (exact) mass is 257 g/mol. The number of carbonyl (C=O) groups excluding carboxylic acids is 1. The van der Waals surface area contributed by atoms with Crippen LogP contribution in [0.3, 0.4) is 0 Å². The van der Waals surface area contributed by atoms with E-state index >= 15 is 0 Å². The fraction of sp³-hybridized carbons (Fsp3) is 0.833. The summed E-state index contributed by atoms with van der Waals surface area (Å²) in [6.07, 6.45) is 1.55. The summed E-state index contributed by atoms with van der Waals surface area (Å²) in [6, 6.07) is 0.111. The molecule has 1 rings (SSSR count). The molecule has 0 aromatic heterocycles. The summed E-state index contributed by atoms with van der Waals surface area (Å²) in [4.78, 5) is 26.4. The Labute approximate surface area is 108 Å². The number of urea groups is 1. The van der Waals surface area contributed by atoms with E-state index < -0.39 is 5.97 Å². The summed E-state index contributed by atoms with van der Waals surface area (Å²) in [5.74, 6) is -0.825. The number of nitrogens with one attached hydrogen (secondary N) is 1.